The third kappa shape index (κ3) is 4.11. The number of benzene rings is 1. The summed E-state index contributed by atoms with van der Waals surface area (Å²) in [5, 5.41) is 0. The van der Waals surface area contributed by atoms with E-state index in [-0.39, 0.29) is 12.3 Å². The monoisotopic (exact) mass is 361 g/mol. The van der Waals surface area contributed by atoms with Gasteiger partial charge in [-0.15, -0.1) is 0 Å². The van der Waals surface area contributed by atoms with Gasteiger partial charge in [-0.05, 0) is 25.6 Å². The van der Waals surface area contributed by atoms with E-state index in [2.05, 4.69) is 39.9 Å². The Morgan fingerprint density at radius 1 is 1.15 bits per heavy atom. The van der Waals surface area contributed by atoms with Crippen molar-refractivity contribution in [3.05, 3.63) is 29.8 Å². The molecule has 1 atom stereocenters. The summed E-state index contributed by atoms with van der Waals surface area (Å²) in [7, 11) is 2.14. The van der Waals surface area contributed by atoms with Crippen LogP contribution in [0.3, 0.4) is 0 Å². The van der Waals surface area contributed by atoms with Gasteiger partial charge >= 0.3 is 6.09 Å². The Labute approximate surface area is 156 Å². The Balaban J connectivity index is 1.80. The van der Waals surface area contributed by atoms with Crippen molar-refractivity contribution in [3.8, 4) is 0 Å². The lowest BCUT2D eigenvalue weighted by atomic mass is 10.1. The van der Waals surface area contributed by atoms with Crippen LogP contribution < -0.4 is 10.6 Å². The molecule has 2 aliphatic heterocycles. The van der Waals surface area contributed by atoms with Gasteiger partial charge < -0.3 is 20.3 Å². The number of carbonyl (C=O) groups is 1. The molecule has 2 heterocycles. The number of amides is 1. The van der Waals surface area contributed by atoms with Gasteiger partial charge in [-0.1, -0.05) is 18.2 Å². The van der Waals surface area contributed by atoms with Crippen LogP contribution in [0.1, 0.15) is 12.5 Å². The van der Waals surface area contributed by atoms with Crippen molar-refractivity contribution in [3.63, 3.8) is 0 Å². The predicted octanol–water partition coefficient (Wildman–Crippen LogP) is 0.997. The highest BCUT2D eigenvalue weighted by Gasteiger charge is 2.36. The van der Waals surface area contributed by atoms with Crippen LogP contribution in [-0.4, -0.2) is 86.4 Å². The highest BCUT2D eigenvalue weighted by Crippen LogP contribution is 2.25. The molecule has 0 aromatic heterocycles. The zero-order chi connectivity index (χ0) is 18.5. The Morgan fingerprint density at radius 2 is 1.88 bits per heavy atom. The minimum absolute atomic E-state index is 0.0299. The summed E-state index contributed by atoms with van der Waals surface area (Å²) in [6.07, 6.45) is -0.175. The number of ether oxygens (including phenoxy) is 1. The van der Waals surface area contributed by atoms with Crippen molar-refractivity contribution < 1.29 is 9.53 Å². The molecule has 1 aromatic rings. The number of para-hydroxylation sites is 1. The number of hydrogen-bond donors (Lipinski definition) is 1. The Bertz CT molecular complexity index is 603. The van der Waals surface area contributed by atoms with Crippen LogP contribution in [-0.2, 0) is 11.3 Å². The topological polar surface area (TPSA) is 65.3 Å². The van der Waals surface area contributed by atoms with Gasteiger partial charge in [0, 0.05) is 51.5 Å². The Hall–Kier alpha value is -1.83. The molecule has 0 aliphatic carbocycles. The molecule has 0 spiro atoms. The minimum Gasteiger partial charge on any atom is -0.450 e. The van der Waals surface area contributed by atoms with E-state index in [1.807, 2.05) is 17.9 Å². The SMILES string of the molecule is CCOC(=O)N1CCN(c2ccccc2CN)CC1N1CCN(C)CC1. The number of nitrogens with zero attached hydrogens (tertiary/aromatic N) is 4. The Kier molecular flexibility index (Phi) is 6.34. The first-order valence-corrected chi connectivity index (χ1v) is 9.53. The van der Waals surface area contributed by atoms with E-state index in [9.17, 15) is 4.79 Å². The lowest BCUT2D eigenvalue weighted by molar-refractivity contribution is 0.00308. The van der Waals surface area contributed by atoms with E-state index in [1.54, 1.807) is 0 Å². The molecule has 7 nitrogen and oxygen atoms in total. The molecular weight excluding hydrogens is 330 g/mol. The average molecular weight is 361 g/mol. The first kappa shape index (κ1) is 18.9. The molecular formula is C19H31N5O2. The zero-order valence-electron chi connectivity index (χ0n) is 15.9. The van der Waals surface area contributed by atoms with Gasteiger partial charge in [0.25, 0.3) is 0 Å². The molecule has 144 valence electrons. The number of hydrogen-bond acceptors (Lipinski definition) is 6. The van der Waals surface area contributed by atoms with Crippen LogP contribution >= 0.6 is 0 Å². The fraction of sp³-hybridized carbons (Fsp3) is 0.632. The number of anilines is 1. The minimum atomic E-state index is -0.205. The van der Waals surface area contributed by atoms with Gasteiger partial charge in [-0.3, -0.25) is 9.80 Å². The smallest absolute Gasteiger partial charge is 0.411 e. The number of piperazine rings is 2. The van der Waals surface area contributed by atoms with Crippen molar-refractivity contribution in [1.82, 2.24) is 14.7 Å². The van der Waals surface area contributed by atoms with E-state index in [1.165, 1.54) is 5.69 Å². The number of rotatable bonds is 4. The van der Waals surface area contributed by atoms with Gasteiger partial charge in [0.1, 0.15) is 6.17 Å². The van der Waals surface area contributed by atoms with Crippen LogP contribution in [0.4, 0.5) is 10.5 Å². The molecule has 2 saturated heterocycles. The molecule has 7 heteroatoms. The van der Waals surface area contributed by atoms with Crippen molar-refractivity contribution in [2.24, 2.45) is 5.73 Å². The highest BCUT2D eigenvalue weighted by molar-refractivity contribution is 5.69. The normalized spacial score (nSPS) is 22.5. The summed E-state index contributed by atoms with van der Waals surface area (Å²) in [5.74, 6) is 0. The number of nitrogens with two attached hydrogens (primary N) is 1. The van der Waals surface area contributed by atoms with Crippen molar-refractivity contribution >= 4 is 11.8 Å². The van der Waals surface area contributed by atoms with Crippen LogP contribution in [0.2, 0.25) is 0 Å². The lowest BCUT2D eigenvalue weighted by Crippen LogP contribution is -2.64. The van der Waals surface area contributed by atoms with E-state index in [4.69, 9.17) is 10.5 Å². The second-order valence-electron chi connectivity index (χ2n) is 6.99. The zero-order valence-corrected chi connectivity index (χ0v) is 15.9. The summed E-state index contributed by atoms with van der Waals surface area (Å²) in [6.45, 7) is 8.98. The van der Waals surface area contributed by atoms with Crippen molar-refractivity contribution in [2.75, 3.05) is 64.4 Å². The maximum atomic E-state index is 12.5. The van der Waals surface area contributed by atoms with Crippen molar-refractivity contribution in [2.45, 2.75) is 19.6 Å². The maximum absolute atomic E-state index is 12.5. The largest absolute Gasteiger partial charge is 0.450 e. The van der Waals surface area contributed by atoms with Crippen LogP contribution in [0.25, 0.3) is 0 Å². The van der Waals surface area contributed by atoms with Gasteiger partial charge in [-0.2, -0.15) is 0 Å². The summed E-state index contributed by atoms with van der Waals surface area (Å²) in [6, 6.07) is 8.29. The third-order valence-corrected chi connectivity index (χ3v) is 5.37. The van der Waals surface area contributed by atoms with Gasteiger partial charge in [0.2, 0.25) is 0 Å². The van der Waals surface area contributed by atoms with Crippen LogP contribution in [0.15, 0.2) is 24.3 Å². The number of likely N-dealkylation sites (N-methyl/N-ethyl adjacent to an activating group) is 1. The summed E-state index contributed by atoms with van der Waals surface area (Å²) in [4.78, 5) is 21.5. The quantitative estimate of drug-likeness (QED) is 0.863. The molecule has 0 radical (unpaired) electrons. The van der Waals surface area contributed by atoms with Gasteiger partial charge in [0.05, 0.1) is 13.2 Å². The molecule has 26 heavy (non-hydrogen) atoms. The Morgan fingerprint density at radius 3 is 2.58 bits per heavy atom. The third-order valence-electron chi connectivity index (χ3n) is 5.37. The average Bonchev–Trinajstić information content (AvgIpc) is 2.68. The molecule has 2 fully saturated rings. The van der Waals surface area contributed by atoms with Crippen LogP contribution in [0, 0.1) is 0 Å². The molecule has 1 aromatic carbocycles. The summed E-state index contributed by atoms with van der Waals surface area (Å²) < 4.78 is 5.32. The predicted molar refractivity (Wildman–Crippen MR) is 103 cm³/mol. The second kappa shape index (κ2) is 8.70. The van der Waals surface area contributed by atoms with E-state index < -0.39 is 0 Å². The molecule has 2 aliphatic rings. The lowest BCUT2D eigenvalue weighted by Gasteiger charge is -2.48. The van der Waals surface area contributed by atoms with Gasteiger partial charge in [0.15, 0.2) is 0 Å². The molecule has 3 rings (SSSR count). The van der Waals surface area contributed by atoms with Crippen LogP contribution in [0.5, 0.6) is 0 Å². The number of carbonyl (C=O) groups excluding carboxylic acids is 1. The molecule has 1 amide bonds. The molecule has 2 N–H and O–H groups in total. The second-order valence-corrected chi connectivity index (χ2v) is 6.99. The molecule has 0 bridgehead atoms. The maximum Gasteiger partial charge on any atom is 0.411 e. The summed E-state index contributed by atoms with van der Waals surface area (Å²) >= 11 is 0. The van der Waals surface area contributed by atoms with Gasteiger partial charge in [-0.25, -0.2) is 4.79 Å². The highest BCUT2D eigenvalue weighted by atomic mass is 16.6. The molecule has 0 saturated carbocycles. The molecule has 1 unspecified atom stereocenters. The first-order chi connectivity index (χ1) is 12.6. The van der Waals surface area contributed by atoms with Crippen molar-refractivity contribution in [1.29, 1.82) is 0 Å². The fourth-order valence-electron chi connectivity index (χ4n) is 3.83. The van der Waals surface area contributed by atoms with E-state index >= 15 is 0 Å². The first-order valence-electron chi connectivity index (χ1n) is 9.53. The standard InChI is InChI=1S/C19H31N5O2/c1-3-26-19(25)24-13-12-23(17-7-5-4-6-16(17)14-20)15-18(24)22-10-8-21(2)9-11-22/h4-7,18H,3,8-15,20H2,1-2H3. The van der Waals surface area contributed by atoms with E-state index in [0.717, 1.165) is 44.8 Å². The fourth-order valence-corrected chi connectivity index (χ4v) is 3.83. The van der Waals surface area contributed by atoms with E-state index in [0.29, 0.717) is 19.7 Å². The summed E-state index contributed by atoms with van der Waals surface area (Å²) in [5.41, 5.74) is 8.26.